The number of benzene rings is 1. The van der Waals surface area contributed by atoms with Crippen LogP contribution in [0.15, 0.2) is 27.8 Å². The molecule has 0 amide bonds. The van der Waals surface area contributed by atoms with Crippen LogP contribution in [0.1, 0.15) is 10.4 Å². The van der Waals surface area contributed by atoms with Crippen molar-refractivity contribution in [1.82, 2.24) is 9.97 Å². The quantitative estimate of drug-likeness (QED) is 0.477. The van der Waals surface area contributed by atoms with E-state index < -0.39 is 22.9 Å². The Morgan fingerprint density at radius 3 is 2.18 bits per heavy atom. The molecule has 0 saturated heterocycles. The van der Waals surface area contributed by atoms with Crippen LogP contribution in [0.25, 0.3) is 11.0 Å². The summed E-state index contributed by atoms with van der Waals surface area (Å²) >= 11 is 0. The van der Waals surface area contributed by atoms with E-state index in [-0.39, 0.29) is 11.1 Å². The highest BCUT2D eigenvalue weighted by molar-refractivity contribution is 6.40. The van der Waals surface area contributed by atoms with Crippen molar-refractivity contribution < 1.29 is 14.7 Å². The number of carbonyl (C=O) groups excluding carboxylic acids is 1. The summed E-state index contributed by atoms with van der Waals surface area (Å²) in [6.07, 6.45) is 0. The minimum absolute atomic E-state index is 0.0762. The second-order valence-corrected chi connectivity index (χ2v) is 3.30. The lowest BCUT2D eigenvalue weighted by Gasteiger charge is -1.99. The Morgan fingerprint density at radius 1 is 1.00 bits per heavy atom. The van der Waals surface area contributed by atoms with E-state index in [2.05, 4.69) is 9.97 Å². The Hall–Kier alpha value is -2.70. The lowest BCUT2D eigenvalue weighted by molar-refractivity contribution is -0.131. The van der Waals surface area contributed by atoms with Crippen molar-refractivity contribution in [2.45, 2.75) is 0 Å². The van der Waals surface area contributed by atoms with Gasteiger partial charge in [0.25, 0.3) is 5.78 Å². The minimum atomic E-state index is -1.59. The zero-order valence-electron chi connectivity index (χ0n) is 8.31. The van der Waals surface area contributed by atoms with Gasteiger partial charge < -0.3 is 15.1 Å². The van der Waals surface area contributed by atoms with E-state index >= 15 is 0 Å². The summed E-state index contributed by atoms with van der Waals surface area (Å²) in [5.74, 6) is -2.67. The van der Waals surface area contributed by atoms with Crippen molar-refractivity contribution in [3.8, 4) is 0 Å². The molecule has 2 aromatic rings. The predicted octanol–water partition coefficient (Wildman–Crippen LogP) is -0.516. The number of aliphatic carboxylic acids is 1. The van der Waals surface area contributed by atoms with Crippen molar-refractivity contribution in [2.75, 3.05) is 0 Å². The number of carboxylic acid groups (broad SMARTS) is 1. The van der Waals surface area contributed by atoms with Gasteiger partial charge in [-0.25, -0.2) is 4.79 Å². The van der Waals surface area contributed by atoms with E-state index in [1.807, 2.05) is 0 Å². The number of hydrogen-bond donors (Lipinski definition) is 3. The maximum absolute atomic E-state index is 11.2. The van der Waals surface area contributed by atoms with Crippen molar-refractivity contribution >= 4 is 22.8 Å². The first-order valence-electron chi connectivity index (χ1n) is 4.53. The average molecular weight is 234 g/mol. The maximum atomic E-state index is 11.2. The van der Waals surface area contributed by atoms with Crippen molar-refractivity contribution in [1.29, 1.82) is 0 Å². The van der Waals surface area contributed by atoms with Crippen LogP contribution >= 0.6 is 0 Å². The van der Waals surface area contributed by atoms with E-state index in [1.54, 1.807) is 0 Å². The zero-order valence-corrected chi connectivity index (χ0v) is 8.31. The number of carboxylic acids is 1. The molecule has 1 aromatic heterocycles. The smallest absolute Gasteiger partial charge is 0.377 e. The number of hydrogen-bond acceptors (Lipinski definition) is 4. The van der Waals surface area contributed by atoms with Crippen LogP contribution in [0.3, 0.4) is 0 Å². The van der Waals surface area contributed by atoms with E-state index in [4.69, 9.17) is 5.11 Å². The van der Waals surface area contributed by atoms with Gasteiger partial charge in [0.05, 0.1) is 11.0 Å². The molecular weight excluding hydrogens is 228 g/mol. The minimum Gasteiger partial charge on any atom is -0.475 e. The lowest BCUT2D eigenvalue weighted by Crippen LogP contribution is -2.29. The van der Waals surface area contributed by atoms with Crippen LogP contribution in [0.2, 0.25) is 0 Å². The molecule has 1 heterocycles. The number of Topliss-reactive ketones (excluding diaryl/α,β-unsaturated/α-hetero) is 1. The molecule has 0 aliphatic heterocycles. The Labute approximate surface area is 92.7 Å². The number of aromatic amines is 2. The van der Waals surface area contributed by atoms with Gasteiger partial charge in [-0.05, 0) is 18.2 Å². The van der Waals surface area contributed by atoms with Crippen LogP contribution in [-0.4, -0.2) is 26.8 Å². The van der Waals surface area contributed by atoms with Gasteiger partial charge in [0.15, 0.2) is 0 Å². The second kappa shape index (κ2) is 3.71. The van der Waals surface area contributed by atoms with Gasteiger partial charge in [0.1, 0.15) is 0 Å². The average Bonchev–Trinajstić information content (AvgIpc) is 2.29. The molecule has 7 heteroatoms. The summed E-state index contributed by atoms with van der Waals surface area (Å²) in [6.45, 7) is 0. The molecule has 17 heavy (non-hydrogen) atoms. The molecule has 0 aliphatic carbocycles. The highest BCUT2D eigenvalue weighted by Gasteiger charge is 2.14. The third-order valence-electron chi connectivity index (χ3n) is 2.18. The lowest BCUT2D eigenvalue weighted by atomic mass is 10.1. The van der Waals surface area contributed by atoms with Crippen LogP contribution in [-0.2, 0) is 4.79 Å². The highest BCUT2D eigenvalue weighted by atomic mass is 16.4. The monoisotopic (exact) mass is 234 g/mol. The van der Waals surface area contributed by atoms with Crippen LogP contribution < -0.4 is 11.1 Å². The SMILES string of the molecule is O=C(O)C(=O)c1ccc2[nH]c(=O)c(=O)[nH]c2c1. The fourth-order valence-corrected chi connectivity index (χ4v) is 1.38. The standard InChI is InChI=1S/C10H6N2O5/c13-7(10(16)17)4-1-2-5-6(3-4)12-9(15)8(14)11-5/h1-3H,(H,11,14)(H,12,15)(H,16,17). The molecule has 1 aromatic carbocycles. The first-order valence-corrected chi connectivity index (χ1v) is 4.53. The second-order valence-electron chi connectivity index (χ2n) is 3.30. The molecule has 0 spiro atoms. The number of ketones is 1. The first kappa shape index (κ1) is 10.8. The molecule has 86 valence electrons. The summed E-state index contributed by atoms with van der Waals surface area (Å²) in [5.41, 5.74) is -1.24. The van der Waals surface area contributed by atoms with Gasteiger partial charge in [-0.1, -0.05) is 0 Å². The maximum Gasteiger partial charge on any atom is 0.377 e. The number of nitrogens with one attached hydrogen (secondary N) is 2. The molecule has 7 nitrogen and oxygen atoms in total. The molecule has 0 aliphatic rings. The molecular formula is C10H6N2O5. The fraction of sp³-hybridized carbons (Fsp3) is 0. The molecule has 0 saturated carbocycles. The van der Waals surface area contributed by atoms with E-state index in [0.29, 0.717) is 5.52 Å². The molecule has 2 rings (SSSR count). The molecule has 0 radical (unpaired) electrons. The zero-order chi connectivity index (χ0) is 12.6. The van der Waals surface area contributed by atoms with Crippen LogP contribution in [0, 0.1) is 0 Å². The Bertz CT molecular complexity index is 740. The molecule has 3 N–H and O–H groups in total. The van der Waals surface area contributed by atoms with Crippen LogP contribution in [0.5, 0.6) is 0 Å². The normalized spacial score (nSPS) is 10.4. The summed E-state index contributed by atoms with van der Waals surface area (Å²) < 4.78 is 0. The van der Waals surface area contributed by atoms with E-state index in [1.165, 1.54) is 18.2 Å². The van der Waals surface area contributed by atoms with Gasteiger partial charge >= 0.3 is 17.1 Å². The van der Waals surface area contributed by atoms with E-state index in [0.717, 1.165) is 0 Å². The highest BCUT2D eigenvalue weighted by Crippen LogP contribution is 2.09. The summed E-state index contributed by atoms with van der Waals surface area (Å²) in [4.78, 5) is 48.2. The number of aromatic nitrogens is 2. The van der Waals surface area contributed by atoms with Crippen molar-refractivity contribution in [3.05, 3.63) is 44.5 Å². The van der Waals surface area contributed by atoms with Crippen molar-refractivity contribution in [2.24, 2.45) is 0 Å². The van der Waals surface area contributed by atoms with Crippen LogP contribution in [0.4, 0.5) is 0 Å². The largest absolute Gasteiger partial charge is 0.475 e. The Balaban J connectivity index is 2.70. The summed E-state index contributed by atoms with van der Waals surface area (Å²) in [7, 11) is 0. The van der Waals surface area contributed by atoms with Gasteiger partial charge in [0, 0.05) is 5.56 Å². The molecule has 0 fully saturated rings. The summed E-state index contributed by atoms with van der Waals surface area (Å²) in [6, 6.07) is 3.80. The fourth-order valence-electron chi connectivity index (χ4n) is 1.38. The molecule has 0 atom stereocenters. The van der Waals surface area contributed by atoms with Gasteiger partial charge in [-0.15, -0.1) is 0 Å². The third kappa shape index (κ3) is 1.85. The third-order valence-corrected chi connectivity index (χ3v) is 2.18. The number of rotatable bonds is 2. The Morgan fingerprint density at radius 2 is 1.59 bits per heavy atom. The first-order chi connectivity index (χ1) is 7.99. The molecule has 0 bridgehead atoms. The summed E-state index contributed by atoms with van der Waals surface area (Å²) in [5, 5.41) is 8.53. The Kier molecular flexibility index (Phi) is 2.36. The van der Waals surface area contributed by atoms with Crippen molar-refractivity contribution in [3.63, 3.8) is 0 Å². The van der Waals surface area contributed by atoms with Gasteiger partial charge in [-0.3, -0.25) is 14.4 Å². The predicted molar refractivity (Wildman–Crippen MR) is 57.2 cm³/mol. The van der Waals surface area contributed by atoms with E-state index in [9.17, 15) is 19.2 Å². The topological polar surface area (TPSA) is 120 Å². The van der Waals surface area contributed by atoms with Gasteiger partial charge in [-0.2, -0.15) is 0 Å². The number of carbonyl (C=O) groups is 2. The number of fused-ring (bicyclic) bond motifs is 1. The molecule has 0 unspecified atom stereocenters. The van der Waals surface area contributed by atoms with Gasteiger partial charge in [0.2, 0.25) is 0 Å². The number of H-pyrrole nitrogens is 2.